The van der Waals surface area contributed by atoms with E-state index >= 15 is 0 Å². The molecule has 0 unspecified atom stereocenters. The van der Waals surface area contributed by atoms with Crippen molar-refractivity contribution in [3.8, 4) is 79.2 Å². The monoisotopic (exact) mass is 755 g/mol. The van der Waals surface area contributed by atoms with Crippen molar-refractivity contribution in [3.05, 3.63) is 200 Å². The minimum Gasteiger partial charge on any atom is -0.455 e. The van der Waals surface area contributed by atoms with Gasteiger partial charge in [-0.2, -0.15) is 0 Å². The van der Waals surface area contributed by atoms with Gasteiger partial charge in [0, 0.05) is 49.7 Å². The maximum absolute atomic E-state index is 6.83. The van der Waals surface area contributed by atoms with Crippen LogP contribution in [-0.2, 0) is 0 Å². The Balaban J connectivity index is 1.12. The maximum atomic E-state index is 6.83. The topological polar surface area (TPSA) is 77.6 Å². The van der Waals surface area contributed by atoms with Crippen molar-refractivity contribution in [1.82, 2.24) is 24.9 Å². The van der Waals surface area contributed by atoms with Gasteiger partial charge in [0.15, 0.2) is 23.3 Å². The second-order valence-corrected chi connectivity index (χ2v) is 14.4. The molecule has 0 saturated carbocycles. The summed E-state index contributed by atoms with van der Waals surface area (Å²) in [4.78, 5) is 25.4. The van der Waals surface area contributed by atoms with E-state index in [4.69, 9.17) is 29.3 Å². The zero-order valence-corrected chi connectivity index (χ0v) is 31.7. The Morgan fingerprint density at radius 1 is 0.288 bits per heavy atom. The highest BCUT2D eigenvalue weighted by molar-refractivity contribution is 6.18. The summed E-state index contributed by atoms with van der Waals surface area (Å²) in [6.07, 6.45) is 0. The van der Waals surface area contributed by atoms with Crippen molar-refractivity contribution < 1.29 is 4.42 Å². The minimum absolute atomic E-state index is 0.577. The molecule has 6 heteroatoms. The molecule has 0 atom stereocenters. The van der Waals surface area contributed by atoms with Crippen molar-refractivity contribution in [2.75, 3.05) is 0 Å². The van der Waals surface area contributed by atoms with Gasteiger partial charge in [0.05, 0.1) is 11.4 Å². The highest BCUT2D eigenvalue weighted by Crippen LogP contribution is 2.44. The van der Waals surface area contributed by atoms with Gasteiger partial charge in [-0.15, -0.1) is 0 Å². The van der Waals surface area contributed by atoms with Gasteiger partial charge < -0.3 is 4.42 Å². The zero-order chi connectivity index (χ0) is 39.1. The fourth-order valence-corrected chi connectivity index (χ4v) is 7.97. The fraction of sp³-hybridized carbons (Fsp3) is 0. The van der Waals surface area contributed by atoms with Gasteiger partial charge in [0.2, 0.25) is 0 Å². The number of fused-ring (bicyclic) bond motifs is 4. The van der Waals surface area contributed by atoms with Crippen LogP contribution in [0.5, 0.6) is 0 Å². The quantitative estimate of drug-likeness (QED) is 0.161. The highest BCUT2D eigenvalue weighted by atomic mass is 16.3. The third kappa shape index (κ3) is 6.20. The van der Waals surface area contributed by atoms with E-state index in [1.54, 1.807) is 0 Å². The number of hydrogen-bond donors (Lipinski definition) is 0. The first kappa shape index (κ1) is 34.2. The Bertz CT molecular complexity index is 3200. The van der Waals surface area contributed by atoms with Gasteiger partial charge in [-0.3, -0.25) is 0 Å². The summed E-state index contributed by atoms with van der Waals surface area (Å²) < 4.78 is 6.83. The Hall–Kier alpha value is -8.09. The summed E-state index contributed by atoms with van der Waals surface area (Å²) in [7, 11) is 0. The number of hydrogen-bond acceptors (Lipinski definition) is 6. The molecule has 0 aliphatic heterocycles. The third-order valence-corrected chi connectivity index (χ3v) is 10.8. The second kappa shape index (κ2) is 14.4. The first-order chi connectivity index (χ1) is 29.2. The van der Waals surface area contributed by atoms with Gasteiger partial charge >= 0.3 is 0 Å². The lowest BCUT2D eigenvalue weighted by atomic mass is 9.91. The van der Waals surface area contributed by atoms with Crippen molar-refractivity contribution in [2.24, 2.45) is 0 Å². The summed E-state index contributed by atoms with van der Waals surface area (Å²) >= 11 is 0. The lowest BCUT2D eigenvalue weighted by Gasteiger charge is -2.15. The molecule has 8 aromatic carbocycles. The molecule has 0 saturated heterocycles. The van der Waals surface area contributed by atoms with E-state index < -0.39 is 0 Å². The lowest BCUT2D eigenvalue weighted by molar-refractivity contribution is 0.670. The van der Waals surface area contributed by atoms with Crippen molar-refractivity contribution in [3.63, 3.8) is 0 Å². The minimum atomic E-state index is 0.577. The van der Waals surface area contributed by atoms with Crippen LogP contribution in [0, 0.1) is 0 Å². The van der Waals surface area contributed by atoms with Crippen LogP contribution < -0.4 is 0 Å². The van der Waals surface area contributed by atoms with E-state index in [0.717, 1.165) is 88.6 Å². The van der Waals surface area contributed by atoms with E-state index in [2.05, 4.69) is 84.9 Å². The predicted octanol–water partition coefficient (Wildman–Crippen LogP) is 13.4. The summed E-state index contributed by atoms with van der Waals surface area (Å²) in [6, 6.07) is 68.0. The predicted molar refractivity (Wildman–Crippen MR) is 238 cm³/mol. The Kier molecular flexibility index (Phi) is 8.37. The van der Waals surface area contributed by atoms with E-state index in [-0.39, 0.29) is 0 Å². The molecule has 276 valence electrons. The molecule has 0 N–H and O–H groups in total. The summed E-state index contributed by atoms with van der Waals surface area (Å²) in [5, 5.41) is 4.10. The van der Waals surface area contributed by atoms with Gasteiger partial charge in [-0.1, -0.05) is 176 Å². The van der Waals surface area contributed by atoms with E-state index in [1.807, 2.05) is 115 Å². The van der Waals surface area contributed by atoms with E-state index in [1.165, 1.54) is 0 Å². The standard InChI is InChI=1S/C53H33N5O/c1-5-17-34(18-6-1)45-33-46(55-50(54-45)35-19-7-2-8-20-35)41-30-29-40(38-25-13-14-26-39(38)41)42-31-32-44(48-43-27-15-16-28-47(43)59-49(42)48)53-57-51(36-21-9-3-10-22-36)56-52(58-53)37-23-11-4-12-24-37/h1-33H. The van der Waals surface area contributed by atoms with Gasteiger partial charge in [0.1, 0.15) is 11.2 Å². The first-order valence-electron chi connectivity index (χ1n) is 19.6. The van der Waals surface area contributed by atoms with E-state index in [0.29, 0.717) is 23.3 Å². The van der Waals surface area contributed by atoms with Gasteiger partial charge in [-0.05, 0) is 40.6 Å². The summed E-state index contributed by atoms with van der Waals surface area (Å²) in [5.41, 5.74) is 11.0. The first-order valence-corrected chi connectivity index (χ1v) is 19.6. The van der Waals surface area contributed by atoms with Crippen molar-refractivity contribution in [1.29, 1.82) is 0 Å². The summed E-state index contributed by atoms with van der Waals surface area (Å²) in [6.45, 7) is 0. The molecular formula is C53H33N5O. The number of furan rings is 1. The Labute approximate surface area is 340 Å². The molecule has 0 fully saturated rings. The number of nitrogens with zero attached hydrogens (tertiary/aromatic N) is 5. The Morgan fingerprint density at radius 3 is 1.32 bits per heavy atom. The molecule has 6 nitrogen and oxygen atoms in total. The van der Waals surface area contributed by atoms with Crippen LogP contribution in [0.4, 0.5) is 0 Å². The highest BCUT2D eigenvalue weighted by Gasteiger charge is 2.22. The molecular weight excluding hydrogens is 723 g/mol. The smallest absolute Gasteiger partial charge is 0.164 e. The Morgan fingerprint density at radius 2 is 0.712 bits per heavy atom. The number of aromatic nitrogens is 5. The lowest BCUT2D eigenvalue weighted by Crippen LogP contribution is -2.00. The average Bonchev–Trinajstić information content (AvgIpc) is 3.72. The SMILES string of the molecule is c1ccc(-c2cc(-c3ccc(-c4ccc(-c5nc(-c6ccccc6)nc(-c6ccccc6)n5)c5c4oc4ccccc45)c4ccccc34)nc(-c3ccccc3)n2)cc1. The normalized spacial score (nSPS) is 11.4. The van der Waals surface area contributed by atoms with Gasteiger partial charge in [0.25, 0.3) is 0 Å². The molecule has 0 radical (unpaired) electrons. The average molecular weight is 756 g/mol. The van der Waals surface area contributed by atoms with Crippen molar-refractivity contribution in [2.45, 2.75) is 0 Å². The van der Waals surface area contributed by atoms with Crippen LogP contribution in [0.15, 0.2) is 205 Å². The number of benzene rings is 8. The summed E-state index contributed by atoms with van der Waals surface area (Å²) in [5.74, 6) is 2.47. The number of para-hydroxylation sites is 1. The van der Waals surface area contributed by atoms with Crippen LogP contribution in [0.25, 0.3) is 112 Å². The van der Waals surface area contributed by atoms with Crippen LogP contribution in [0.2, 0.25) is 0 Å². The van der Waals surface area contributed by atoms with E-state index in [9.17, 15) is 0 Å². The number of rotatable bonds is 7. The molecule has 3 heterocycles. The molecule has 59 heavy (non-hydrogen) atoms. The van der Waals surface area contributed by atoms with Crippen LogP contribution in [0.1, 0.15) is 0 Å². The molecule has 0 aliphatic carbocycles. The largest absolute Gasteiger partial charge is 0.455 e. The molecule has 11 aromatic rings. The maximum Gasteiger partial charge on any atom is 0.164 e. The van der Waals surface area contributed by atoms with Crippen LogP contribution in [-0.4, -0.2) is 24.9 Å². The molecule has 0 amide bonds. The molecule has 0 bridgehead atoms. The molecule has 11 rings (SSSR count). The van der Waals surface area contributed by atoms with Gasteiger partial charge in [-0.25, -0.2) is 24.9 Å². The third-order valence-electron chi connectivity index (χ3n) is 10.8. The molecule has 3 aromatic heterocycles. The van der Waals surface area contributed by atoms with Crippen molar-refractivity contribution >= 4 is 32.7 Å². The van der Waals surface area contributed by atoms with Crippen LogP contribution >= 0.6 is 0 Å². The zero-order valence-electron chi connectivity index (χ0n) is 31.7. The fourth-order valence-electron chi connectivity index (χ4n) is 7.97. The second-order valence-electron chi connectivity index (χ2n) is 14.4. The molecule has 0 aliphatic rings. The van der Waals surface area contributed by atoms with Crippen LogP contribution in [0.3, 0.4) is 0 Å². The molecule has 0 spiro atoms.